The second kappa shape index (κ2) is 6.80. The maximum atomic E-state index is 12.6. The number of carbonyl (C=O) groups excluding carboxylic acids is 1. The van der Waals surface area contributed by atoms with Crippen molar-refractivity contribution >= 4 is 17.5 Å². The average molecular weight is 310 g/mol. The summed E-state index contributed by atoms with van der Waals surface area (Å²) in [6.45, 7) is 7.75. The Bertz CT molecular complexity index is 484. The number of carbonyl (C=O) groups is 1. The molecule has 21 heavy (non-hydrogen) atoms. The first-order valence-electron chi connectivity index (χ1n) is 7.63. The van der Waals surface area contributed by atoms with Gasteiger partial charge in [-0.05, 0) is 51.3 Å². The van der Waals surface area contributed by atoms with Gasteiger partial charge < -0.3 is 9.64 Å². The quantitative estimate of drug-likeness (QED) is 0.845. The Morgan fingerprint density at radius 3 is 2.67 bits per heavy atom. The van der Waals surface area contributed by atoms with Gasteiger partial charge in [0.15, 0.2) is 0 Å². The Morgan fingerprint density at radius 1 is 1.38 bits per heavy atom. The van der Waals surface area contributed by atoms with Crippen LogP contribution in [0.4, 0.5) is 0 Å². The number of amides is 1. The molecule has 2 rings (SSSR count). The highest BCUT2D eigenvalue weighted by Gasteiger charge is 2.35. The molecule has 1 atom stereocenters. The number of benzene rings is 1. The van der Waals surface area contributed by atoms with Crippen molar-refractivity contribution in [2.45, 2.75) is 45.1 Å². The molecular formula is C17H24ClNO2. The van der Waals surface area contributed by atoms with E-state index in [9.17, 15) is 4.79 Å². The molecule has 116 valence electrons. The van der Waals surface area contributed by atoms with E-state index in [1.807, 2.05) is 37.8 Å². The smallest absolute Gasteiger partial charge is 0.254 e. The fourth-order valence-corrected chi connectivity index (χ4v) is 3.10. The lowest BCUT2D eigenvalue weighted by Gasteiger charge is -2.37. The molecule has 1 saturated heterocycles. The predicted octanol–water partition coefficient (Wildman–Crippen LogP) is 3.86. The average Bonchev–Trinajstić information content (AvgIpc) is 2.47. The Labute approximate surface area is 132 Å². The topological polar surface area (TPSA) is 29.5 Å². The summed E-state index contributed by atoms with van der Waals surface area (Å²) in [5.74, 6) is 0.473. The summed E-state index contributed by atoms with van der Waals surface area (Å²) < 4.78 is 5.59. The van der Waals surface area contributed by atoms with Gasteiger partial charge in [0.2, 0.25) is 0 Å². The first-order valence-corrected chi connectivity index (χ1v) is 8.00. The molecular weight excluding hydrogens is 286 g/mol. The summed E-state index contributed by atoms with van der Waals surface area (Å²) in [7, 11) is 0. The van der Waals surface area contributed by atoms with Crippen LogP contribution in [0.2, 0.25) is 5.02 Å². The molecule has 0 aliphatic carbocycles. The maximum Gasteiger partial charge on any atom is 0.254 e. The highest BCUT2D eigenvalue weighted by molar-refractivity contribution is 6.30. The van der Waals surface area contributed by atoms with Crippen LogP contribution >= 0.6 is 11.6 Å². The van der Waals surface area contributed by atoms with E-state index in [1.165, 1.54) is 5.56 Å². The van der Waals surface area contributed by atoms with Gasteiger partial charge in [0, 0.05) is 30.6 Å². The van der Waals surface area contributed by atoms with E-state index in [0.29, 0.717) is 12.5 Å². The van der Waals surface area contributed by atoms with Crippen molar-refractivity contribution < 1.29 is 9.53 Å². The number of likely N-dealkylation sites (tertiary alicyclic amines) is 1. The van der Waals surface area contributed by atoms with Crippen molar-refractivity contribution in [3.8, 4) is 0 Å². The first kappa shape index (κ1) is 16.3. The fourth-order valence-electron chi connectivity index (χ4n) is 2.97. The lowest BCUT2D eigenvalue weighted by molar-refractivity contribution is -0.155. The second-order valence-corrected chi connectivity index (χ2v) is 6.52. The monoisotopic (exact) mass is 309 g/mol. The predicted molar refractivity (Wildman–Crippen MR) is 85.7 cm³/mol. The molecule has 1 aliphatic heterocycles. The molecule has 0 N–H and O–H groups in total. The zero-order valence-electron chi connectivity index (χ0n) is 13.1. The molecule has 0 radical (unpaired) electrons. The van der Waals surface area contributed by atoms with E-state index in [0.717, 1.165) is 31.0 Å². The summed E-state index contributed by atoms with van der Waals surface area (Å²) in [4.78, 5) is 14.6. The molecule has 1 aliphatic rings. The number of hydrogen-bond donors (Lipinski definition) is 0. The molecule has 3 nitrogen and oxygen atoms in total. The Kier molecular flexibility index (Phi) is 5.28. The summed E-state index contributed by atoms with van der Waals surface area (Å²) in [5, 5.41) is 0.750. The summed E-state index contributed by atoms with van der Waals surface area (Å²) in [6, 6.07) is 7.97. The number of ether oxygens (including phenoxy) is 1. The van der Waals surface area contributed by atoms with Crippen LogP contribution in [0.25, 0.3) is 0 Å². The first-order chi connectivity index (χ1) is 9.94. The zero-order chi connectivity index (χ0) is 15.5. The van der Waals surface area contributed by atoms with Crippen LogP contribution < -0.4 is 0 Å². The zero-order valence-corrected chi connectivity index (χ0v) is 13.8. The number of halogens is 1. The Hall–Kier alpha value is -1.06. The molecule has 1 heterocycles. The van der Waals surface area contributed by atoms with Gasteiger partial charge in [-0.1, -0.05) is 23.7 Å². The van der Waals surface area contributed by atoms with Crippen molar-refractivity contribution in [2.24, 2.45) is 0 Å². The summed E-state index contributed by atoms with van der Waals surface area (Å²) >= 11 is 5.94. The minimum Gasteiger partial charge on any atom is -0.366 e. The second-order valence-electron chi connectivity index (χ2n) is 6.09. The standard InChI is InChI=1S/C17H24ClNO2/c1-4-21-17(2,3)16(20)19-11-5-6-14(12-19)13-7-9-15(18)10-8-13/h7-10,14H,4-6,11-12H2,1-3H3. The van der Waals surface area contributed by atoms with Crippen LogP contribution in [0.5, 0.6) is 0 Å². The van der Waals surface area contributed by atoms with Gasteiger partial charge in [0.05, 0.1) is 0 Å². The number of rotatable bonds is 4. The van der Waals surface area contributed by atoms with Gasteiger partial charge >= 0.3 is 0 Å². The third-order valence-electron chi connectivity index (χ3n) is 4.07. The maximum absolute atomic E-state index is 12.6. The third kappa shape index (κ3) is 3.98. The largest absolute Gasteiger partial charge is 0.366 e. The molecule has 1 aromatic carbocycles. The molecule has 1 amide bonds. The van der Waals surface area contributed by atoms with Gasteiger partial charge in [-0.15, -0.1) is 0 Å². The van der Waals surface area contributed by atoms with Crippen LogP contribution in [0.15, 0.2) is 24.3 Å². The number of hydrogen-bond acceptors (Lipinski definition) is 2. The molecule has 1 fully saturated rings. The lowest BCUT2D eigenvalue weighted by atomic mass is 9.90. The van der Waals surface area contributed by atoms with Crippen molar-refractivity contribution in [3.63, 3.8) is 0 Å². The van der Waals surface area contributed by atoms with E-state index in [1.54, 1.807) is 0 Å². The normalized spacial score (nSPS) is 19.6. The van der Waals surface area contributed by atoms with Gasteiger partial charge in [0.25, 0.3) is 5.91 Å². The van der Waals surface area contributed by atoms with Crippen LogP contribution in [0.1, 0.15) is 45.1 Å². The van der Waals surface area contributed by atoms with Gasteiger partial charge in [-0.2, -0.15) is 0 Å². The molecule has 1 unspecified atom stereocenters. The lowest BCUT2D eigenvalue weighted by Crippen LogP contribution is -2.50. The van der Waals surface area contributed by atoms with E-state index >= 15 is 0 Å². The number of piperidine rings is 1. The van der Waals surface area contributed by atoms with Crippen LogP contribution in [0.3, 0.4) is 0 Å². The third-order valence-corrected chi connectivity index (χ3v) is 4.32. The van der Waals surface area contributed by atoms with E-state index in [-0.39, 0.29) is 5.91 Å². The fraction of sp³-hybridized carbons (Fsp3) is 0.588. The van der Waals surface area contributed by atoms with E-state index in [4.69, 9.17) is 16.3 Å². The minimum absolute atomic E-state index is 0.0861. The van der Waals surface area contributed by atoms with Gasteiger partial charge in [-0.3, -0.25) is 4.79 Å². The van der Waals surface area contributed by atoms with Crippen molar-refractivity contribution in [2.75, 3.05) is 19.7 Å². The molecule has 1 aromatic rings. The van der Waals surface area contributed by atoms with Gasteiger partial charge in [-0.25, -0.2) is 0 Å². The number of nitrogens with zero attached hydrogens (tertiary/aromatic N) is 1. The summed E-state index contributed by atoms with van der Waals surface area (Å²) in [6.07, 6.45) is 2.14. The van der Waals surface area contributed by atoms with Crippen LogP contribution in [-0.4, -0.2) is 36.1 Å². The van der Waals surface area contributed by atoms with E-state index < -0.39 is 5.60 Å². The van der Waals surface area contributed by atoms with Crippen molar-refractivity contribution in [1.82, 2.24) is 4.90 Å². The molecule has 0 bridgehead atoms. The minimum atomic E-state index is -0.739. The van der Waals surface area contributed by atoms with Crippen LogP contribution in [-0.2, 0) is 9.53 Å². The van der Waals surface area contributed by atoms with Gasteiger partial charge in [0.1, 0.15) is 5.60 Å². The summed E-state index contributed by atoms with van der Waals surface area (Å²) in [5.41, 5.74) is 0.516. The Morgan fingerprint density at radius 2 is 2.05 bits per heavy atom. The molecule has 0 aromatic heterocycles. The SMILES string of the molecule is CCOC(C)(C)C(=O)N1CCCC(c2ccc(Cl)cc2)C1. The molecule has 4 heteroatoms. The van der Waals surface area contributed by atoms with E-state index in [2.05, 4.69) is 12.1 Å². The molecule has 0 spiro atoms. The molecule has 0 saturated carbocycles. The Balaban J connectivity index is 2.07. The highest BCUT2D eigenvalue weighted by atomic mass is 35.5. The van der Waals surface area contributed by atoms with Crippen molar-refractivity contribution in [3.05, 3.63) is 34.9 Å². The van der Waals surface area contributed by atoms with Crippen molar-refractivity contribution in [1.29, 1.82) is 0 Å². The van der Waals surface area contributed by atoms with Crippen LogP contribution in [0, 0.1) is 0 Å². The highest BCUT2D eigenvalue weighted by Crippen LogP contribution is 2.29.